The first-order valence-corrected chi connectivity index (χ1v) is 4.94. The highest BCUT2D eigenvalue weighted by atomic mass is 35.5. The van der Waals surface area contributed by atoms with Crippen molar-refractivity contribution >= 4 is 22.8 Å². The first-order chi connectivity index (χ1) is 7.06. The number of carbonyl (C=O) groups is 2. The van der Waals surface area contributed by atoms with Crippen LogP contribution in [0.15, 0.2) is 12.1 Å². The Balaban J connectivity index is 2.79. The molecule has 0 N–H and O–H groups in total. The van der Waals surface area contributed by atoms with Crippen LogP contribution in [0.4, 0.5) is 0 Å². The lowest BCUT2D eigenvalue weighted by Crippen LogP contribution is -2.11. The normalized spacial score (nSPS) is 10.1. The van der Waals surface area contributed by atoms with Crippen molar-refractivity contribution in [3.05, 3.63) is 23.5 Å². The van der Waals surface area contributed by atoms with Gasteiger partial charge in [0.1, 0.15) is 5.69 Å². The molecule has 1 aromatic heterocycles. The molecule has 1 heterocycles. The first-order valence-electron chi connectivity index (χ1n) is 4.56. The molecule has 5 heteroatoms. The zero-order chi connectivity index (χ0) is 11.4. The van der Waals surface area contributed by atoms with Crippen LogP contribution in [0.2, 0.25) is 0 Å². The summed E-state index contributed by atoms with van der Waals surface area (Å²) in [6.07, 6.45) is 0.147. The molecule has 0 saturated heterocycles. The Morgan fingerprint density at radius 2 is 2.13 bits per heavy atom. The summed E-state index contributed by atoms with van der Waals surface area (Å²) >= 11 is 5.34. The second-order valence-electron chi connectivity index (χ2n) is 3.02. The van der Waals surface area contributed by atoms with Gasteiger partial charge in [0.25, 0.3) is 5.24 Å². The molecular formula is C10H12ClNO3. The summed E-state index contributed by atoms with van der Waals surface area (Å²) in [6.45, 7) is 2.10. The molecule has 0 atom stereocenters. The van der Waals surface area contributed by atoms with Crippen molar-refractivity contribution in [1.29, 1.82) is 0 Å². The summed E-state index contributed by atoms with van der Waals surface area (Å²) in [4.78, 5) is 22.1. The highest BCUT2D eigenvalue weighted by Gasteiger charge is 2.12. The number of ether oxygens (including phenoxy) is 1. The molecule has 0 aliphatic carbocycles. The van der Waals surface area contributed by atoms with Gasteiger partial charge in [0, 0.05) is 12.7 Å². The standard InChI is InChI=1S/C10H12ClNO3/c1-3-15-9(13)6-7-4-5-8(10(11)14)12(7)2/h4-5H,3,6H2,1-2H3. The quantitative estimate of drug-likeness (QED) is 0.581. The van der Waals surface area contributed by atoms with E-state index in [1.54, 1.807) is 30.7 Å². The van der Waals surface area contributed by atoms with E-state index >= 15 is 0 Å². The van der Waals surface area contributed by atoms with Crippen molar-refractivity contribution in [2.24, 2.45) is 7.05 Å². The number of aromatic nitrogens is 1. The van der Waals surface area contributed by atoms with Crippen LogP contribution in [-0.2, 0) is 23.0 Å². The van der Waals surface area contributed by atoms with Crippen LogP contribution < -0.4 is 0 Å². The molecule has 0 aliphatic heterocycles. The maximum absolute atomic E-state index is 11.2. The van der Waals surface area contributed by atoms with Crippen molar-refractivity contribution in [2.75, 3.05) is 6.61 Å². The highest BCUT2D eigenvalue weighted by molar-refractivity contribution is 6.67. The van der Waals surface area contributed by atoms with Crippen LogP contribution in [0.1, 0.15) is 23.1 Å². The zero-order valence-corrected chi connectivity index (χ0v) is 9.37. The van der Waals surface area contributed by atoms with Crippen LogP contribution in [-0.4, -0.2) is 22.4 Å². The summed E-state index contributed by atoms with van der Waals surface area (Å²) < 4.78 is 6.39. The fourth-order valence-corrected chi connectivity index (χ4v) is 1.48. The number of carbonyl (C=O) groups excluding carboxylic acids is 2. The number of nitrogens with zero attached hydrogens (tertiary/aromatic N) is 1. The van der Waals surface area contributed by atoms with Crippen LogP contribution in [0.5, 0.6) is 0 Å². The molecule has 0 bridgehead atoms. The summed E-state index contributed by atoms with van der Waals surface area (Å²) in [5.74, 6) is -0.313. The van der Waals surface area contributed by atoms with Crippen molar-refractivity contribution < 1.29 is 14.3 Å². The summed E-state index contributed by atoms with van der Waals surface area (Å²) in [7, 11) is 1.68. The van der Waals surface area contributed by atoms with Crippen molar-refractivity contribution in [3.63, 3.8) is 0 Å². The number of hydrogen-bond acceptors (Lipinski definition) is 3. The highest BCUT2D eigenvalue weighted by Crippen LogP contribution is 2.10. The average molecular weight is 230 g/mol. The second kappa shape index (κ2) is 4.98. The molecule has 0 radical (unpaired) electrons. The minimum Gasteiger partial charge on any atom is -0.466 e. The van der Waals surface area contributed by atoms with Gasteiger partial charge in [-0.15, -0.1) is 0 Å². The van der Waals surface area contributed by atoms with Gasteiger partial charge in [-0.05, 0) is 30.7 Å². The van der Waals surface area contributed by atoms with Gasteiger partial charge in [-0.2, -0.15) is 0 Å². The molecule has 0 spiro atoms. The van der Waals surface area contributed by atoms with E-state index < -0.39 is 5.24 Å². The van der Waals surface area contributed by atoms with Gasteiger partial charge in [-0.1, -0.05) is 0 Å². The van der Waals surface area contributed by atoms with Crippen LogP contribution in [0.25, 0.3) is 0 Å². The Kier molecular flexibility index (Phi) is 3.91. The Bertz CT molecular complexity index is 384. The average Bonchev–Trinajstić information content (AvgIpc) is 2.48. The molecule has 0 aromatic carbocycles. The van der Waals surface area contributed by atoms with Gasteiger partial charge < -0.3 is 9.30 Å². The van der Waals surface area contributed by atoms with Gasteiger partial charge in [0.05, 0.1) is 13.0 Å². The third-order valence-corrected chi connectivity index (χ3v) is 2.25. The minimum absolute atomic E-state index is 0.147. The molecule has 1 rings (SSSR count). The Morgan fingerprint density at radius 3 is 2.60 bits per heavy atom. The molecule has 0 fully saturated rings. The van der Waals surface area contributed by atoms with E-state index in [9.17, 15) is 9.59 Å². The lowest BCUT2D eigenvalue weighted by atomic mass is 10.3. The van der Waals surface area contributed by atoms with Crippen LogP contribution in [0.3, 0.4) is 0 Å². The van der Waals surface area contributed by atoms with E-state index in [-0.39, 0.29) is 12.4 Å². The molecule has 0 amide bonds. The molecule has 15 heavy (non-hydrogen) atoms. The monoisotopic (exact) mass is 229 g/mol. The lowest BCUT2D eigenvalue weighted by Gasteiger charge is -2.04. The van der Waals surface area contributed by atoms with Crippen molar-refractivity contribution in [3.8, 4) is 0 Å². The summed E-state index contributed by atoms with van der Waals surface area (Å²) in [5, 5.41) is -0.535. The van der Waals surface area contributed by atoms with Crippen molar-refractivity contribution in [2.45, 2.75) is 13.3 Å². The zero-order valence-electron chi connectivity index (χ0n) is 8.62. The Hall–Kier alpha value is -1.29. The molecule has 1 aromatic rings. The van der Waals surface area contributed by atoms with E-state index in [1.807, 2.05) is 0 Å². The summed E-state index contributed by atoms with van der Waals surface area (Å²) in [6, 6.07) is 3.27. The first kappa shape index (κ1) is 11.8. The largest absolute Gasteiger partial charge is 0.466 e. The van der Waals surface area contributed by atoms with E-state index in [4.69, 9.17) is 16.3 Å². The minimum atomic E-state index is -0.535. The lowest BCUT2D eigenvalue weighted by molar-refractivity contribution is -0.142. The molecule has 0 aliphatic rings. The van der Waals surface area contributed by atoms with Gasteiger partial charge in [-0.25, -0.2) is 0 Å². The Labute approximate surface area is 92.8 Å². The predicted molar refractivity (Wildman–Crippen MR) is 55.9 cm³/mol. The van der Waals surface area contributed by atoms with E-state index in [0.29, 0.717) is 18.0 Å². The topological polar surface area (TPSA) is 48.3 Å². The molecule has 0 saturated carbocycles. The molecule has 0 unspecified atom stereocenters. The Morgan fingerprint density at radius 1 is 1.47 bits per heavy atom. The number of rotatable bonds is 4. The van der Waals surface area contributed by atoms with E-state index in [2.05, 4.69) is 0 Å². The van der Waals surface area contributed by atoms with E-state index in [0.717, 1.165) is 0 Å². The molecule has 4 nitrogen and oxygen atoms in total. The number of halogens is 1. The third-order valence-electron chi connectivity index (χ3n) is 2.06. The van der Waals surface area contributed by atoms with Gasteiger partial charge in [0.15, 0.2) is 0 Å². The van der Waals surface area contributed by atoms with Gasteiger partial charge in [0.2, 0.25) is 0 Å². The van der Waals surface area contributed by atoms with Gasteiger partial charge >= 0.3 is 5.97 Å². The number of hydrogen-bond donors (Lipinski definition) is 0. The maximum atomic E-state index is 11.2. The fourth-order valence-electron chi connectivity index (χ4n) is 1.29. The van der Waals surface area contributed by atoms with Gasteiger partial charge in [-0.3, -0.25) is 9.59 Å². The predicted octanol–water partition coefficient (Wildman–Crippen LogP) is 1.51. The van der Waals surface area contributed by atoms with Crippen LogP contribution >= 0.6 is 11.6 Å². The van der Waals surface area contributed by atoms with Crippen LogP contribution in [0, 0.1) is 0 Å². The second-order valence-corrected chi connectivity index (χ2v) is 3.37. The SMILES string of the molecule is CCOC(=O)Cc1ccc(C(=O)Cl)n1C. The number of esters is 1. The third kappa shape index (κ3) is 2.83. The van der Waals surface area contributed by atoms with Crippen molar-refractivity contribution in [1.82, 2.24) is 4.57 Å². The smallest absolute Gasteiger partial charge is 0.311 e. The molecular weight excluding hydrogens is 218 g/mol. The fraction of sp³-hybridized carbons (Fsp3) is 0.400. The van der Waals surface area contributed by atoms with E-state index in [1.165, 1.54) is 0 Å². The molecule has 82 valence electrons. The summed E-state index contributed by atoms with van der Waals surface area (Å²) in [5.41, 5.74) is 1.08. The maximum Gasteiger partial charge on any atom is 0.311 e.